The quantitative estimate of drug-likeness (QED) is 0.851. The zero-order valence-corrected chi connectivity index (χ0v) is 11.5. The van der Waals surface area contributed by atoms with E-state index in [9.17, 15) is 9.18 Å². The van der Waals surface area contributed by atoms with Gasteiger partial charge in [-0.3, -0.25) is 4.79 Å². The second-order valence-electron chi connectivity index (χ2n) is 4.15. The number of thiazole rings is 1. The van der Waals surface area contributed by atoms with Crippen LogP contribution in [0.4, 0.5) is 4.39 Å². The molecule has 3 nitrogen and oxygen atoms in total. The summed E-state index contributed by atoms with van der Waals surface area (Å²) in [5, 5.41) is 5.26. The molecule has 1 aromatic carbocycles. The maximum absolute atomic E-state index is 12.8. The summed E-state index contributed by atoms with van der Waals surface area (Å²) in [6, 6.07) is 6.09. The predicted octanol–water partition coefficient (Wildman–Crippen LogP) is 3.48. The maximum atomic E-state index is 12.8. The Morgan fingerprint density at radius 1 is 1.37 bits per heavy atom. The summed E-state index contributed by atoms with van der Waals surface area (Å²) in [6.45, 7) is 2.74. The summed E-state index contributed by atoms with van der Waals surface area (Å²) < 4.78 is 12.8. The first kappa shape index (κ1) is 13.7. The third kappa shape index (κ3) is 3.61. The molecule has 0 aliphatic carbocycles. The van der Waals surface area contributed by atoms with E-state index in [-0.39, 0.29) is 11.7 Å². The van der Waals surface area contributed by atoms with E-state index in [0.717, 1.165) is 23.4 Å². The summed E-state index contributed by atoms with van der Waals surface area (Å²) >= 11 is 1.38. The minimum absolute atomic E-state index is 0.155. The van der Waals surface area contributed by atoms with Crippen molar-refractivity contribution in [1.29, 1.82) is 0 Å². The summed E-state index contributed by atoms with van der Waals surface area (Å²) in [4.78, 5) is 16.1. The highest BCUT2D eigenvalue weighted by atomic mass is 32.1. The van der Waals surface area contributed by atoms with E-state index in [4.69, 9.17) is 0 Å². The topological polar surface area (TPSA) is 42.0 Å². The third-order valence-corrected chi connectivity index (χ3v) is 3.54. The highest BCUT2D eigenvalue weighted by molar-refractivity contribution is 7.13. The van der Waals surface area contributed by atoms with Crippen molar-refractivity contribution < 1.29 is 9.18 Å². The van der Waals surface area contributed by atoms with E-state index in [1.165, 1.54) is 23.5 Å². The van der Waals surface area contributed by atoms with E-state index in [0.29, 0.717) is 12.2 Å². The first-order valence-electron chi connectivity index (χ1n) is 6.20. The third-order valence-electron chi connectivity index (χ3n) is 2.64. The summed E-state index contributed by atoms with van der Waals surface area (Å²) in [5.41, 5.74) is 1.24. The number of nitrogens with zero attached hydrogens (tertiary/aromatic N) is 1. The molecule has 1 aromatic heterocycles. The van der Waals surface area contributed by atoms with Crippen LogP contribution in [0.3, 0.4) is 0 Å². The van der Waals surface area contributed by atoms with Crippen LogP contribution in [0.25, 0.3) is 10.6 Å². The number of hydrogen-bond acceptors (Lipinski definition) is 3. The number of rotatable bonds is 5. The molecule has 1 amide bonds. The molecule has 0 aliphatic rings. The molecule has 0 atom stereocenters. The molecule has 0 unspecified atom stereocenters. The Kier molecular flexibility index (Phi) is 4.63. The monoisotopic (exact) mass is 278 g/mol. The molecule has 100 valence electrons. The number of benzene rings is 1. The van der Waals surface area contributed by atoms with Crippen molar-refractivity contribution in [3.8, 4) is 10.6 Å². The smallest absolute Gasteiger partial charge is 0.270 e. The van der Waals surface area contributed by atoms with Gasteiger partial charge in [-0.25, -0.2) is 9.37 Å². The summed E-state index contributed by atoms with van der Waals surface area (Å²) in [5.74, 6) is -0.434. The van der Waals surface area contributed by atoms with Crippen LogP contribution < -0.4 is 5.32 Å². The van der Waals surface area contributed by atoms with Crippen molar-refractivity contribution in [2.24, 2.45) is 0 Å². The minimum Gasteiger partial charge on any atom is -0.351 e. The lowest BCUT2D eigenvalue weighted by Crippen LogP contribution is -2.24. The Hall–Kier alpha value is -1.75. The van der Waals surface area contributed by atoms with E-state index in [2.05, 4.69) is 17.2 Å². The molecule has 1 heterocycles. The van der Waals surface area contributed by atoms with Crippen LogP contribution in [-0.2, 0) is 0 Å². The van der Waals surface area contributed by atoms with E-state index < -0.39 is 0 Å². The molecule has 0 aliphatic heterocycles. The van der Waals surface area contributed by atoms with Crippen LogP contribution in [0.5, 0.6) is 0 Å². The fourth-order valence-corrected chi connectivity index (χ4v) is 2.38. The normalized spacial score (nSPS) is 10.4. The van der Waals surface area contributed by atoms with Crippen LogP contribution >= 0.6 is 11.3 Å². The standard InChI is InChI=1S/C14H15FN2OS/c1-2-3-8-16-13(18)12-9-19-14(17-12)10-4-6-11(15)7-5-10/h4-7,9H,2-3,8H2,1H3,(H,16,18). The fourth-order valence-electron chi connectivity index (χ4n) is 1.57. The number of hydrogen-bond donors (Lipinski definition) is 1. The van der Waals surface area contributed by atoms with Gasteiger partial charge in [0.1, 0.15) is 16.5 Å². The zero-order chi connectivity index (χ0) is 13.7. The molecule has 0 bridgehead atoms. The first-order valence-corrected chi connectivity index (χ1v) is 7.08. The Labute approximate surface area is 115 Å². The minimum atomic E-state index is -0.280. The molecule has 19 heavy (non-hydrogen) atoms. The molecular weight excluding hydrogens is 263 g/mol. The van der Waals surface area contributed by atoms with Crippen molar-refractivity contribution >= 4 is 17.2 Å². The molecule has 2 aromatic rings. The van der Waals surface area contributed by atoms with Crippen LogP contribution in [0.15, 0.2) is 29.6 Å². The second-order valence-corrected chi connectivity index (χ2v) is 5.01. The van der Waals surface area contributed by atoms with Gasteiger partial charge in [-0.1, -0.05) is 13.3 Å². The van der Waals surface area contributed by atoms with Crippen LogP contribution in [-0.4, -0.2) is 17.4 Å². The molecule has 0 fully saturated rings. The van der Waals surface area contributed by atoms with Crippen molar-refractivity contribution in [3.63, 3.8) is 0 Å². The summed E-state index contributed by atoms with van der Waals surface area (Å²) in [7, 11) is 0. The first-order chi connectivity index (χ1) is 9.20. The zero-order valence-electron chi connectivity index (χ0n) is 10.6. The molecule has 0 radical (unpaired) electrons. The van der Waals surface area contributed by atoms with Gasteiger partial charge in [0, 0.05) is 17.5 Å². The van der Waals surface area contributed by atoms with E-state index in [1.54, 1.807) is 17.5 Å². The van der Waals surface area contributed by atoms with Gasteiger partial charge in [-0.15, -0.1) is 11.3 Å². The lowest BCUT2D eigenvalue weighted by Gasteiger charge is -2.00. The molecule has 5 heteroatoms. The van der Waals surface area contributed by atoms with E-state index in [1.807, 2.05) is 0 Å². The van der Waals surface area contributed by atoms with Gasteiger partial charge in [0.15, 0.2) is 0 Å². The van der Waals surface area contributed by atoms with Crippen molar-refractivity contribution in [2.45, 2.75) is 19.8 Å². The molecule has 0 spiro atoms. The maximum Gasteiger partial charge on any atom is 0.270 e. The lowest BCUT2D eigenvalue weighted by atomic mass is 10.2. The Morgan fingerprint density at radius 2 is 2.11 bits per heavy atom. The SMILES string of the molecule is CCCCNC(=O)c1csc(-c2ccc(F)cc2)n1. The predicted molar refractivity (Wildman–Crippen MR) is 74.7 cm³/mol. The Bertz CT molecular complexity index is 551. The van der Waals surface area contributed by atoms with Gasteiger partial charge in [-0.05, 0) is 30.7 Å². The van der Waals surface area contributed by atoms with Gasteiger partial charge < -0.3 is 5.32 Å². The molecule has 1 N–H and O–H groups in total. The highest BCUT2D eigenvalue weighted by Crippen LogP contribution is 2.23. The number of unbranched alkanes of at least 4 members (excludes halogenated alkanes) is 1. The van der Waals surface area contributed by atoms with Crippen LogP contribution in [0.1, 0.15) is 30.3 Å². The van der Waals surface area contributed by atoms with Gasteiger partial charge in [0.2, 0.25) is 0 Å². The van der Waals surface area contributed by atoms with Crippen molar-refractivity contribution in [2.75, 3.05) is 6.54 Å². The average molecular weight is 278 g/mol. The van der Waals surface area contributed by atoms with Crippen molar-refractivity contribution in [1.82, 2.24) is 10.3 Å². The lowest BCUT2D eigenvalue weighted by molar-refractivity contribution is 0.0949. The number of carbonyl (C=O) groups is 1. The fraction of sp³-hybridized carbons (Fsp3) is 0.286. The molecule has 0 saturated heterocycles. The largest absolute Gasteiger partial charge is 0.351 e. The van der Waals surface area contributed by atoms with Crippen LogP contribution in [0, 0.1) is 5.82 Å². The molecular formula is C14H15FN2OS. The molecule has 2 rings (SSSR count). The van der Waals surface area contributed by atoms with Gasteiger partial charge in [0.25, 0.3) is 5.91 Å². The number of amides is 1. The van der Waals surface area contributed by atoms with Crippen LogP contribution in [0.2, 0.25) is 0 Å². The van der Waals surface area contributed by atoms with Crippen molar-refractivity contribution in [3.05, 3.63) is 41.2 Å². The number of halogens is 1. The second kappa shape index (κ2) is 6.43. The number of nitrogens with one attached hydrogen (secondary N) is 1. The van der Waals surface area contributed by atoms with Gasteiger partial charge in [0.05, 0.1) is 0 Å². The Morgan fingerprint density at radius 3 is 2.79 bits per heavy atom. The number of carbonyl (C=O) groups excluding carboxylic acids is 1. The Balaban J connectivity index is 2.06. The highest BCUT2D eigenvalue weighted by Gasteiger charge is 2.11. The number of aromatic nitrogens is 1. The summed E-state index contributed by atoms with van der Waals surface area (Å²) in [6.07, 6.45) is 2.00. The average Bonchev–Trinajstić information content (AvgIpc) is 2.89. The van der Waals surface area contributed by atoms with Gasteiger partial charge >= 0.3 is 0 Å². The van der Waals surface area contributed by atoms with E-state index >= 15 is 0 Å². The van der Waals surface area contributed by atoms with Gasteiger partial charge in [-0.2, -0.15) is 0 Å². The molecule has 0 saturated carbocycles.